The molecule has 0 radical (unpaired) electrons. The predicted octanol–water partition coefficient (Wildman–Crippen LogP) is 2.90. The molecule has 0 aromatic heterocycles. The standard InChI is InChI=1S/C9H8F2S/c10-8-5-1-3-7(9(8)11)4-2-6-12/h1,3,5-6H,2,4H2. The van der Waals surface area contributed by atoms with Crippen molar-refractivity contribution in [2.75, 3.05) is 0 Å². The molecule has 0 amide bonds. The van der Waals surface area contributed by atoms with Crippen molar-refractivity contribution >= 4 is 17.6 Å². The number of hydrogen-bond donors (Lipinski definition) is 0. The fourth-order valence-electron chi connectivity index (χ4n) is 0.956. The minimum Gasteiger partial charge on any atom is -0.204 e. The third-order valence-electron chi connectivity index (χ3n) is 1.56. The first-order valence-electron chi connectivity index (χ1n) is 3.62. The van der Waals surface area contributed by atoms with Gasteiger partial charge in [-0.25, -0.2) is 8.78 Å². The largest absolute Gasteiger partial charge is 0.204 e. The van der Waals surface area contributed by atoms with Crippen LogP contribution < -0.4 is 0 Å². The van der Waals surface area contributed by atoms with E-state index >= 15 is 0 Å². The molecule has 0 N–H and O–H groups in total. The minimum absolute atomic E-state index is 0.385. The zero-order chi connectivity index (χ0) is 8.97. The Balaban J connectivity index is 2.84. The van der Waals surface area contributed by atoms with Gasteiger partial charge in [0.15, 0.2) is 11.6 Å². The first-order chi connectivity index (χ1) is 5.75. The average molecular weight is 186 g/mol. The fraction of sp³-hybridized carbons (Fsp3) is 0.222. The van der Waals surface area contributed by atoms with Crippen molar-refractivity contribution in [1.29, 1.82) is 0 Å². The van der Waals surface area contributed by atoms with Gasteiger partial charge in [-0.2, -0.15) is 0 Å². The molecular formula is C9H8F2S. The van der Waals surface area contributed by atoms with Crippen LogP contribution in [0.25, 0.3) is 0 Å². The zero-order valence-electron chi connectivity index (χ0n) is 6.39. The summed E-state index contributed by atoms with van der Waals surface area (Å²) >= 11 is 4.59. The fourth-order valence-corrected chi connectivity index (χ4v) is 1.07. The van der Waals surface area contributed by atoms with Gasteiger partial charge in [-0.1, -0.05) is 24.4 Å². The Morgan fingerprint density at radius 2 is 2.08 bits per heavy atom. The SMILES string of the molecule is Fc1cccc(CCC=S)c1F. The van der Waals surface area contributed by atoms with Crippen LogP contribution in [0.15, 0.2) is 18.2 Å². The van der Waals surface area contributed by atoms with Crippen molar-refractivity contribution in [1.82, 2.24) is 0 Å². The molecule has 1 aromatic rings. The third kappa shape index (κ3) is 2.08. The molecule has 0 aliphatic carbocycles. The molecule has 0 spiro atoms. The normalized spacial score (nSPS) is 9.83. The van der Waals surface area contributed by atoms with Crippen LogP contribution in [0.3, 0.4) is 0 Å². The number of aryl methyl sites for hydroxylation is 1. The number of halogens is 2. The van der Waals surface area contributed by atoms with Gasteiger partial charge < -0.3 is 0 Å². The second kappa shape index (κ2) is 4.26. The van der Waals surface area contributed by atoms with Crippen LogP contribution in [0.1, 0.15) is 12.0 Å². The maximum absolute atomic E-state index is 12.9. The van der Waals surface area contributed by atoms with Gasteiger partial charge in [0, 0.05) is 0 Å². The maximum Gasteiger partial charge on any atom is 0.162 e. The number of hydrogen-bond acceptors (Lipinski definition) is 1. The van der Waals surface area contributed by atoms with E-state index in [1.165, 1.54) is 11.4 Å². The highest BCUT2D eigenvalue weighted by atomic mass is 32.1. The molecule has 0 aliphatic heterocycles. The van der Waals surface area contributed by atoms with Crippen molar-refractivity contribution in [3.8, 4) is 0 Å². The summed E-state index contributed by atoms with van der Waals surface area (Å²) in [6, 6.07) is 4.17. The van der Waals surface area contributed by atoms with Crippen LogP contribution >= 0.6 is 12.2 Å². The Kier molecular flexibility index (Phi) is 3.29. The molecule has 1 rings (SSSR count). The Labute approximate surface area is 75.2 Å². The van der Waals surface area contributed by atoms with Gasteiger partial charge >= 0.3 is 0 Å². The van der Waals surface area contributed by atoms with Crippen molar-refractivity contribution in [3.05, 3.63) is 35.4 Å². The maximum atomic E-state index is 12.9. The number of thiocarbonyl (C=S) groups is 1. The monoisotopic (exact) mass is 186 g/mol. The topological polar surface area (TPSA) is 0 Å². The second-order valence-corrected chi connectivity index (χ2v) is 2.75. The van der Waals surface area contributed by atoms with Gasteiger partial charge in [0.05, 0.1) is 0 Å². The van der Waals surface area contributed by atoms with Crippen LogP contribution in [0.4, 0.5) is 8.78 Å². The van der Waals surface area contributed by atoms with E-state index < -0.39 is 11.6 Å². The van der Waals surface area contributed by atoms with Gasteiger partial charge in [0.25, 0.3) is 0 Å². The molecular weight excluding hydrogens is 178 g/mol. The summed E-state index contributed by atoms with van der Waals surface area (Å²) in [5.74, 6) is -1.55. The first kappa shape index (κ1) is 9.26. The van der Waals surface area contributed by atoms with Crippen molar-refractivity contribution in [2.45, 2.75) is 12.8 Å². The van der Waals surface area contributed by atoms with E-state index in [1.807, 2.05) is 0 Å². The lowest BCUT2D eigenvalue weighted by atomic mass is 10.1. The van der Waals surface area contributed by atoms with Crippen LogP contribution in [-0.4, -0.2) is 5.37 Å². The highest BCUT2D eigenvalue weighted by molar-refractivity contribution is 7.78. The summed E-state index contributed by atoms with van der Waals surface area (Å²) < 4.78 is 25.5. The smallest absolute Gasteiger partial charge is 0.162 e. The van der Waals surface area contributed by atoms with Gasteiger partial charge in [-0.15, -0.1) is 0 Å². The van der Waals surface area contributed by atoms with E-state index in [9.17, 15) is 8.78 Å². The molecule has 0 aliphatic rings. The molecule has 0 fully saturated rings. The molecule has 0 atom stereocenters. The van der Waals surface area contributed by atoms with E-state index in [1.54, 1.807) is 6.07 Å². The van der Waals surface area contributed by atoms with Crippen LogP contribution in [-0.2, 0) is 6.42 Å². The summed E-state index contributed by atoms with van der Waals surface area (Å²) in [7, 11) is 0. The highest BCUT2D eigenvalue weighted by Gasteiger charge is 2.05. The number of benzene rings is 1. The average Bonchev–Trinajstić information content (AvgIpc) is 2.08. The lowest BCUT2D eigenvalue weighted by Crippen LogP contribution is -1.93. The van der Waals surface area contributed by atoms with Crippen LogP contribution in [0.2, 0.25) is 0 Å². The highest BCUT2D eigenvalue weighted by Crippen LogP contribution is 2.12. The zero-order valence-corrected chi connectivity index (χ0v) is 7.20. The van der Waals surface area contributed by atoms with Crippen LogP contribution in [0, 0.1) is 11.6 Å². The van der Waals surface area contributed by atoms with Gasteiger partial charge in [-0.05, 0) is 29.8 Å². The lowest BCUT2D eigenvalue weighted by molar-refractivity contribution is 0.499. The molecule has 0 saturated heterocycles. The molecule has 12 heavy (non-hydrogen) atoms. The van der Waals surface area contributed by atoms with E-state index in [-0.39, 0.29) is 0 Å². The molecule has 3 heteroatoms. The molecule has 0 unspecified atom stereocenters. The summed E-state index contributed by atoms with van der Waals surface area (Å²) in [6.45, 7) is 0. The number of rotatable bonds is 3. The predicted molar refractivity (Wildman–Crippen MR) is 48.3 cm³/mol. The van der Waals surface area contributed by atoms with Crippen molar-refractivity contribution < 1.29 is 8.78 Å². The van der Waals surface area contributed by atoms with E-state index in [0.717, 1.165) is 6.07 Å². The minimum atomic E-state index is -0.795. The van der Waals surface area contributed by atoms with Crippen LogP contribution in [0.5, 0.6) is 0 Å². The Morgan fingerprint density at radius 3 is 2.75 bits per heavy atom. The van der Waals surface area contributed by atoms with E-state index in [2.05, 4.69) is 12.2 Å². The summed E-state index contributed by atoms with van der Waals surface area (Å²) in [4.78, 5) is 0. The summed E-state index contributed by atoms with van der Waals surface area (Å²) in [5, 5.41) is 1.52. The van der Waals surface area contributed by atoms with E-state index in [0.29, 0.717) is 18.4 Å². The summed E-state index contributed by atoms with van der Waals surface area (Å²) in [6.07, 6.45) is 1.06. The molecule has 1 aromatic carbocycles. The first-order valence-corrected chi connectivity index (χ1v) is 4.09. The third-order valence-corrected chi connectivity index (χ3v) is 1.80. The van der Waals surface area contributed by atoms with Gasteiger partial charge in [0.2, 0.25) is 0 Å². The van der Waals surface area contributed by atoms with Crippen molar-refractivity contribution in [3.63, 3.8) is 0 Å². The van der Waals surface area contributed by atoms with Crippen molar-refractivity contribution in [2.24, 2.45) is 0 Å². The molecule has 0 bridgehead atoms. The Morgan fingerprint density at radius 1 is 1.33 bits per heavy atom. The molecule has 0 heterocycles. The second-order valence-electron chi connectivity index (χ2n) is 2.42. The van der Waals surface area contributed by atoms with E-state index in [4.69, 9.17) is 0 Å². The quantitative estimate of drug-likeness (QED) is 0.654. The Bertz CT molecular complexity index is 284. The molecule has 64 valence electrons. The molecule has 0 saturated carbocycles. The molecule has 0 nitrogen and oxygen atoms in total. The van der Waals surface area contributed by atoms with Gasteiger partial charge in [0.1, 0.15) is 0 Å². The Hall–Kier alpha value is -0.830. The van der Waals surface area contributed by atoms with Gasteiger partial charge in [-0.3, -0.25) is 0 Å². The lowest BCUT2D eigenvalue weighted by Gasteiger charge is -2.00. The summed E-state index contributed by atoms with van der Waals surface area (Å²) in [5.41, 5.74) is 0.385.